The molecular weight excluding hydrogens is 248 g/mol. The zero-order valence-electron chi connectivity index (χ0n) is 11.8. The molecule has 0 radical (unpaired) electrons. The molecule has 1 N–H and O–H groups in total. The molecule has 1 aliphatic rings. The summed E-state index contributed by atoms with van der Waals surface area (Å²) in [6, 6.07) is 12.0. The first-order chi connectivity index (χ1) is 9.67. The third kappa shape index (κ3) is 2.55. The first kappa shape index (κ1) is 12.8. The van der Waals surface area contributed by atoms with E-state index in [0.717, 1.165) is 28.7 Å². The number of nitriles is 1. The molecule has 1 aromatic carbocycles. The second kappa shape index (κ2) is 5.05. The standard InChI is InChI=1S/C17H18N2O/c1-11-3-4-13(9-18)8-16(11)19-10-14-5-6-17(20-14)15-7-12(15)2/h3-6,8,12,15,19H,7,10H2,1-2H3. The van der Waals surface area contributed by atoms with Crippen molar-refractivity contribution in [2.24, 2.45) is 5.92 Å². The van der Waals surface area contributed by atoms with Gasteiger partial charge in [-0.2, -0.15) is 5.26 Å². The van der Waals surface area contributed by atoms with Gasteiger partial charge in [0, 0.05) is 11.6 Å². The first-order valence-electron chi connectivity index (χ1n) is 7.00. The lowest BCUT2D eigenvalue weighted by atomic mass is 10.1. The van der Waals surface area contributed by atoms with Crippen LogP contribution in [-0.2, 0) is 6.54 Å². The molecule has 1 saturated carbocycles. The fraction of sp³-hybridized carbons (Fsp3) is 0.353. The molecule has 0 aliphatic heterocycles. The molecule has 2 atom stereocenters. The van der Waals surface area contributed by atoms with Crippen LogP contribution < -0.4 is 5.32 Å². The summed E-state index contributed by atoms with van der Waals surface area (Å²) in [5, 5.41) is 12.3. The van der Waals surface area contributed by atoms with E-state index in [0.29, 0.717) is 18.0 Å². The van der Waals surface area contributed by atoms with Crippen molar-refractivity contribution in [2.45, 2.75) is 32.7 Å². The van der Waals surface area contributed by atoms with Gasteiger partial charge >= 0.3 is 0 Å². The number of hydrogen-bond donors (Lipinski definition) is 1. The molecule has 1 fully saturated rings. The van der Waals surface area contributed by atoms with Crippen molar-refractivity contribution in [3.05, 3.63) is 53.0 Å². The van der Waals surface area contributed by atoms with Crippen molar-refractivity contribution >= 4 is 5.69 Å². The summed E-state index contributed by atoms with van der Waals surface area (Å²) < 4.78 is 5.87. The van der Waals surface area contributed by atoms with Crippen LogP contribution in [0.2, 0.25) is 0 Å². The minimum Gasteiger partial charge on any atom is -0.464 e. The Morgan fingerprint density at radius 2 is 2.15 bits per heavy atom. The van der Waals surface area contributed by atoms with Gasteiger partial charge in [-0.25, -0.2) is 0 Å². The molecule has 1 heterocycles. The molecule has 2 unspecified atom stereocenters. The molecule has 20 heavy (non-hydrogen) atoms. The van der Waals surface area contributed by atoms with Crippen LogP contribution in [0, 0.1) is 24.2 Å². The zero-order valence-corrected chi connectivity index (χ0v) is 11.8. The van der Waals surface area contributed by atoms with Crippen molar-refractivity contribution < 1.29 is 4.42 Å². The molecule has 0 amide bonds. The highest BCUT2D eigenvalue weighted by Crippen LogP contribution is 2.47. The Morgan fingerprint density at radius 1 is 1.35 bits per heavy atom. The molecule has 3 heteroatoms. The summed E-state index contributed by atoms with van der Waals surface area (Å²) in [5.41, 5.74) is 2.79. The second-order valence-electron chi connectivity index (χ2n) is 5.62. The van der Waals surface area contributed by atoms with Crippen LogP contribution in [0.3, 0.4) is 0 Å². The van der Waals surface area contributed by atoms with E-state index in [-0.39, 0.29) is 0 Å². The van der Waals surface area contributed by atoms with Crippen molar-refractivity contribution in [2.75, 3.05) is 5.32 Å². The van der Waals surface area contributed by atoms with Crippen LogP contribution in [-0.4, -0.2) is 0 Å². The molecule has 0 bridgehead atoms. The number of nitrogens with one attached hydrogen (secondary N) is 1. The average Bonchev–Trinajstić information content (AvgIpc) is 3.00. The summed E-state index contributed by atoms with van der Waals surface area (Å²) in [5.74, 6) is 3.43. The molecule has 0 spiro atoms. The topological polar surface area (TPSA) is 49.0 Å². The number of rotatable bonds is 4. The summed E-state index contributed by atoms with van der Waals surface area (Å²) in [4.78, 5) is 0. The Morgan fingerprint density at radius 3 is 2.85 bits per heavy atom. The fourth-order valence-corrected chi connectivity index (χ4v) is 2.47. The monoisotopic (exact) mass is 266 g/mol. The number of hydrogen-bond acceptors (Lipinski definition) is 3. The van der Waals surface area contributed by atoms with Crippen LogP contribution in [0.5, 0.6) is 0 Å². The second-order valence-corrected chi connectivity index (χ2v) is 5.62. The lowest BCUT2D eigenvalue weighted by molar-refractivity contribution is 0.468. The van der Waals surface area contributed by atoms with Crippen molar-refractivity contribution in [3.8, 4) is 6.07 Å². The van der Waals surface area contributed by atoms with Gasteiger partial charge in [0.05, 0.1) is 18.2 Å². The lowest BCUT2D eigenvalue weighted by Gasteiger charge is -2.08. The SMILES string of the molecule is Cc1ccc(C#N)cc1NCc1ccc(C2CC2C)o1. The maximum atomic E-state index is 8.94. The summed E-state index contributed by atoms with van der Waals surface area (Å²) in [6.45, 7) is 4.93. The van der Waals surface area contributed by atoms with Crippen molar-refractivity contribution in [1.82, 2.24) is 0 Å². The number of nitrogens with zero attached hydrogens (tertiary/aromatic N) is 1. The Labute approximate surface area is 119 Å². The number of anilines is 1. The van der Waals surface area contributed by atoms with Gasteiger partial charge in [0.2, 0.25) is 0 Å². The largest absolute Gasteiger partial charge is 0.464 e. The summed E-state index contributed by atoms with van der Waals surface area (Å²) >= 11 is 0. The maximum Gasteiger partial charge on any atom is 0.123 e. The Balaban J connectivity index is 1.67. The molecular formula is C17H18N2O. The van der Waals surface area contributed by atoms with E-state index in [1.807, 2.05) is 31.2 Å². The fourth-order valence-electron chi connectivity index (χ4n) is 2.47. The normalized spacial score (nSPS) is 20.4. The third-order valence-electron chi connectivity index (χ3n) is 3.98. The van der Waals surface area contributed by atoms with Gasteiger partial charge in [-0.3, -0.25) is 0 Å². The quantitative estimate of drug-likeness (QED) is 0.902. The average molecular weight is 266 g/mol. The number of furan rings is 1. The van der Waals surface area contributed by atoms with Gasteiger partial charge in [-0.05, 0) is 49.1 Å². The Bertz CT molecular complexity index is 666. The van der Waals surface area contributed by atoms with Crippen LogP contribution in [0.15, 0.2) is 34.7 Å². The predicted molar refractivity (Wildman–Crippen MR) is 78.5 cm³/mol. The smallest absolute Gasteiger partial charge is 0.123 e. The molecule has 3 rings (SSSR count). The molecule has 1 aliphatic carbocycles. The summed E-state index contributed by atoms with van der Waals surface area (Å²) in [6.07, 6.45) is 1.24. The molecule has 1 aromatic heterocycles. The van der Waals surface area contributed by atoms with Crippen molar-refractivity contribution in [3.63, 3.8) is 0 Å². The maximum absolute atomic E-state index is 8.94. The van der Waals surface area contributed by atoms with Gasteiger partial charge in [-0.1, -0.05) is 13.0 Å². The van der Waals surface area contributed by atoms with Gasteiger partial charge < -0.3 is 9.73 Å². The molecule has 0 saturated heterocycles. The highest BCUT2D eigenvalue weighted by molar-refractivity contribution is 5.55. The molecule has 2 aromatic rings. The van der Waals surface area contributed by atoms with Gasteiger partial charge in [-0.15, -0.1) is 0 Å². The van der Waals surface area contributed by atoms with E-state index < -0.39 is 0 Å². The van der Waals surface area contributed by atoms with Crippen molar-refractivity contribution in [1.29, 1.82) is 5.26 Å². The van der Waals surface area contributed by atoms with E-state index in [2.05, 4.69) is 24.4 Å². The Hall–Kier alpha value is -2.21. The number of aryl methyl sites for hydroxylation is 1. The predicted octanol–water partition coefficient (Wildman–Crippen LogP) is 4.20. The Kier molecular flexibility index (Phi) is 3.23. The van der Waals surface area contributed by atoms with Crippen LogP contribution in [0.25, 0.3) is 0 Å². The minimum atomic E-state index is 0.618. The van der Waals surface area contributed by atoms with Crippen LogP contribution >= 0.6 is 0 Å². The van der Waals surface area contributed by atoms with Crippen LogP contribution in [0.4, 0.5) is 5.69 Å². The van der Waals surface area contributed by atoms with E-state index in [1.54, 1.807) is 0 Å². The third-order valence-corrected chi connectivity index (χ3v) is 3.98. The minimum absolute atomic E-state index is 0.618. The highest BCUT2D eigenvalue weighted by Gasteiger charge is 2.36. The van der Waals surface area contributed by atoms with E-state index in [9.17, 15) is 0 Å². The first-order valence-corrected chi connectivity index (χ1v) is 7.00. The lowest BCUT2D eigenvalue weighted by Crippen LogP contribution is -2.00. The van der Waals surface area contributed by atoms with Gasteiger partial charge in [0.1, 0.15) is 11.5 Å². The van der Waals surface area contributed by atoms with E-state index in [1.165, 1.54) is 6.42 Å². The summed E-state index contributed by atoms with van der Waals surface area (Å²) in [7, 11) is 0. The highest BCUT2D eigenvalue weighted by atomic mass is 16.3. The number of benzene rings is 1. The van der Waals surface area contributed by atoms with E-state index >= 15 is 0 Å². The van der Waals surface area contributed by atoms with E-state index in [4.69, 9.17) is 9.68 Å². The van der Waals surface area contributed by atoms with Crippen LogP contribution in [0.1, 0.15) is 41.9 Å². The van der Waals surface area contributed by atoms with Gasteiger partial charge in [0.25, 0.3) is 0 Å². The molecule has 3 nitrogen and oxygen atoms in total. The van der Waals surface area contributed by atoms with Gasteiger partial charge in [0.15, 0.2) is 0 Å². The zero-order chi connectivity index (χ0) is 14.1. The molecule has 102 valence electrons.